The number of halogens is 3. The van der Waals surface area contributed by atoms with Gasteiger partial charge in [-0.05, 0) is 85.7 Å². The zero-order chi connectivity index (χ0) is 28.7. The highest BCUT2D eigenvalue weighted by Crippen LogP contribution is 2.35. The van der Waals surface area contributed by atoms with Crippen molar-refractivity contribution in [2.75, 3.05) is 32.5 Å². The number of aromatic nitrogens is 1. The molecule has 1 fully saturated rings. The summed E-state index contributed by atoms with van der Waals surface area (Å²) in [7, 11) is 1.59. The molecule has 11 heteroatoms. The molecule has 216 valence electrons. The van der Waals surface area contributed by atoms with Crippen LogP contribution in [0.3, 0.4) is 0 Å². The van der Waals surface area contributed by atoms with Crippen LogP contribution in [0.5, 0.6) is 11.5 Å². The van der Waals surface area contributed by atoms with Crippen LogP contribution in [0.4, 0.5) is 13.2 Å². The first-order chi connectivity index (χ1) is 19.1. The van der Waals surface area contributed by atoms with E-state index in [0.29, 0.717) is 42.3 Å². The summed E-state index contributed by atoms with van der Waals surface area (Å²) < 4.78 is 46.8. The van der Waals surface area contributed by atoms with Crippen molar-refractivity contribution in [2.45, 2.75) is 43.0 Å². The number of aliphatic hydroxyl groups excluding tert-OH is 1. The van der Waals surface area contributed by atoms with E-state index in [1.165, 1.54) is 30.0 Å². The number of aliphatic hydroxyl groups is 1. The second-order valence-electron chi connectivity index (χ2n) is 9.95. The van der Waals surface area contributed by atoms with Gasteiger partial charge in [0.05, 0.1) is 18.7 Å². The molecule has 0 spiro atoms. The van der Waals surface area contributed by atoms with Gasteiger partial charge < -0.3 is 24.6 Å². The summed E-state index contributed by atoms with van der Waals surface area (Å²) >= 11 is 1.43. The van der Waals surface area contributed by atoms with Crippen molar-refractivity contribution in [3.8, 4) is 11.5 Å². The van der Waals surface area contributed by atoms with E-state index in [0.717, 1.165) is 29.4 Å². The molecular weight excluding hydrogens is 545 g/mol. The van der Waals surface area contributed by atoms with Crippen molar-refractivity contribution in [1.29, 1.82) is 0 Å². The van der Waals surface area contributed by atoms with Gasteiger partial charge >= 0.3 is 12.3 Å². The fraction of sp³-hybridized carbons (Fsp3) is 0.448. The molecule has 0 radical (unpaired) electrons. The van der Waals surface area contributed by atoms with Crippen LogP contribution in [0, 0.1) is 11.8 Å². The minimum atomic E-state index is -4.73. The Labute approximate surface area is 235 Å². The van der Waals surface area contributed by atoms with Gasteiger partial charge in [-0.2, -0.15) is 0 Å². The monoisotopic (exact) mass is 578 g/mol. The highest BCUT2D eigenvalue weighted by Gasteiger charge is 2.32. The normalized spacial score (nSPS) is 18.9. The minimum absolute atomic E-state index is 0.0522. The van der Waals surface area contributed by atoms with Gasteiger partial charge in [0, 0.05) is 41.7 Å². The van der Waals surface area contributed by atoms with Crippen molar-refractivity contribution in [1.82, 2.24) is 9.88 Å². The van der Waals surface area contributed by atoms with E-state index >= 15 is 0 Å². The summed E-state index contributed by atoms with van der Waals surface area (Å²) in [6.45, 7) is 2.11. The number of ether oxygens (including phenoxy) is 2. The number of rotatable bonds is 12. The first-order valence-corrected chi connectivity index (χ1v) is 14.1. The molecule has 0 unspecified atom stereocenters. The van der Waals surface area contributed by atoms with Gasteiger partial charge in [0.1, 0.15) is 11.5 Å². The SMILES string of the molecule is COc1ccc2nccc([C@@H](O)CC[C@@H]3CCN(CCSc4cccc(OC(F)(F)F)c4)C[C@@H]3CC(=O)O)c2c1. The molecule has 1 aromatic heterocycles. The van der Waals surface area contributed by atoms with Gasteiger partial charge in [-0.3, -0.25) is 9.78 Å². The van der Waals surface area contributed by atoms with Crippen molar-refractivity contribution in [3.63, 3.8) is 0 Å². The molecular formula is C29H33F3N2O5S. The largest absolute Gasteiger partial charge is 0.573 e. The zero-order valence-electron chi connectivity index (χ0n) is 22.1. The Morgan fingerprint density at radius 1 is 1.18 bits per heavy atom. The molecule has 0 bridgehead atoms. The maximum atomic E-state index is 12.5. The zero-order valence-corrected chi connectivity index (χ0v) is 23.0. The number of hydrogen-bond acceptors (Lipinski definition) is 7. The molecule has 0 aliphatic carbocycles. The predicted octanol–water partition coefficient (Wildman–Crippen LogP) is 6.16. The number of aliphatic carboxylic acids is 1. The topological polar surface area (TPSA) is 92.1 Å². The number of carbonyl (C=O) groups is 1. The Hall–Kier alpha value is -3.02. The van der Waals surface area contributed by atoms with Crippen LogP contribution in [0.15, 0.2) is 59.6 Å². The molecule has 1 aliphatic rings. The molecule has 1 saturated heterocycles. The summed E-state index contributed by atoms with van der Waals surface area (Å²) in [5.41, 5.74) is 1.55. The molecule has 1 aliphatic heterocycles. The van der Waals surface area contributed by atoms with Gasteiger partial charge in [0.25, 0.3) is 0 Å². The number of benzene rings is 2. The third-order valence-electron chi connectivity index (χ3n) is 7.28. The van der Waals surface area contributed by atoms with E-state index in [1.807, 2.05) is 24.3 Å². The Kier molecular flexibility index (Phi) is 10.2. The van der Waals surface area contributed by atoms with E-state index in [-0.39, 0.29) is 24.0 Å². The van der Waals surface area contributed by atoms with E-state index in [1.54, 1.807) is 19.4 Å². The fourth-order valence-electron chi connectivity index (χ4n) is 5.34. The molecule has 2 heterocycles. The van der Waals surface area contributed by atoms with Gasteiger partial charge in [0.15, 0.2) is 0 Å². The van der Waals surface area contributed by atoms with E-state index < -0.39 is 18.4 Å². The molecule has 2 N–H and O–H groups in total. The number of likely N-dealkylation sites (tertiary alicyclic amines) is 1. The van der Waals surface area contributed by atoms with Crippen molar-refractivity contribution < 1.29 is 37.7 Å². The van der Waals surface area contributed by atoms with Crippen LogP contribution in [-0.2, 0) is 4.79 Å². The Morgan fingerprint density at radius 3 is 2.75 bits per heavy atom. The summed E-state index contributed by atoms with van der Waals surface area (Å²) in [5, 5.41) is 21.4. The van der Waals surface area contributed by atoms with Crippen LogP contribution >= 0.6 is 11.8 Å². The highest BCUT2D eigenvalue weighted by atomic mass is 32.2. The van der Waals surface area contributed by atoms with E-state index in [2.05, 4.69) is 14.6 Å². The van der Waals surface area contributed by atoms with Crippen LogP contribution in [0.25, 0.3) is 10.9 Å². The lowest BCUT2D eigenvalue weighted by molar-refractivity contribution is -0.274. The molecule has 0 saturated carbocycles. The third kappa shape index (κ3) is 8.49. The number of piperidine rings is 1. The number of pyridine rings is 1. The summed E-state index contributed by atoms with van der Waals surface area (Å²) in [5.74, 6) is 0.344. The first-order valence-electron chi connectivity index (χ1n) is 13.1. The number of thioether (sulfide) groups is 1. The molecule has 40 heavy (non-hydrogen) atoms. The molecule has 3 atom stereocenters. The summed E-state index contributed by atoms with van der Waals surface area (Å²) in [6, 6.07) is 13.3. The molecule has 3 aromatic rings. The van der Waals surface area contributed by atoms with Crippen molar-refractivity contribution >= 4 is 28.6 Å². The van der Waals surface area contributed by atoms with Crippen LogP contribution < -0.4 is 9.47 Å². The van der Waals surface area contributed by atoms with Crippen LogP contribution in [-0.4, -0.2) is 64.9 Å². The summed E-state index contributed by atoms with van der Waals surface area (Å²) in [4.78, 5) is 18.9. The lowest BCUT2D eigenvalue weighted by Crippen LogP contribution is -2.42. The molecule has 0 amide bonds. The van der Waals surface area contributed by atoms with Crippen LogP contribution in [0.2, 0.25) is 0 Å². The lowest BCUT2D eigenvalue weighted by Gasteiger charge is -2.38. The maximum absolute atomic E-state index is 12.5. The number of alkyl halides is 3. The number of fused-ring (bicyclic) bond motifs is 1. The van der Waals surface area contributed by atoms with Gasteiger partial charge in [-0.1, -0.05) is 6.07 Å². The summed E-state index contributed by atoms with van der Waals surface area (Å²) in [6.07, 6.45) is -1.70. The van der Waals surface area contributed by atoms with E-state index in [9.17, 15) is 28.2 Å². The maximum Gasteiger partial charge on any atom is 0.573 e. The molecule has 7 nitrogen and oxygen atoms in total. The number of carboxylic acid groups (broad SMARTS) is 1. The van der Waals surface area contributed by atoms with Gasteiger partial charge in [0.2, 0.25) is 0 Å². The standard InChI is InChI=1S/C29H33F3N2O5S/c1-38-21-6-7-26-25(17-21)24(9-11-33-26)27(35)8-5-19-10-12-34(18-20(19)15-28(36)37)13-14-40-23-4-2-3-22(16-23)39-29(30,31)32/h2-4,6-7,9,11,16-17,19-20,27,35H,5,8,10,12-15,18H2,1H3,(H,36,37)/t19-,20+,27+/m1/s1. The Bertz CT molecular complexity index is 1290. The number of carboxylic acids is 1. The molecule has 2 aromatic carbocycles. The second-order valence-corrected chi connectivity index (χ2v) is 11.1. The van der Waals surface area contributed by atoms with Gasteiger partial charge in [-0.15, -0.1) is 24.9 Å². The average Bonchev–Trinajstić information content (AvgIpc) is 2.90. The highest BCUT2D eigenvalue weighted by molar-refractivity contribution is 7.99. The second kappa shape index (κ2) is 13.6. The minimum Gasteiger partial charge on any atom is -0.497 e. The number of nitrogens with zero attached hydrogens (tertiary/aromatic N) is 2. The number of methoxy groups -OCH3 is 1. The van der Waals surface area contributed by atoms with E-state index in [4.69, 9.17) is 4.74 Å². The predicted molar refractivity (Wildman–Crippen MR) is 147 cm³/mol. The molecule has 4 rings (SSSR count). The fourth-order valence-corrected chi connectivity index (χ4v) is 6.30. The first kappa shape index (κ1) is 30.0. The average molecular weight is 579 g/mol. The number of hydrogen-bond donors (Lipinski definition) is 2. The van der Waals surface area contributed by atoms with Gasteiger partial charge in [-0.25, -0.2) is 0 Å². The lowest BCUT2D eigenvalue weighted by atomic mass is 9.79. The smallest absolute Gasteiger partial charge is 0.497 e. The quantitative estimate of drug-likeness (QED) is 0.247. The van der Waals surface area contributed by atoms with Crippen LogP contribution in [0.1, 0.15) is 37.4 Å². The van der Waals surface area contributed by atoms with Crippen molar-refractivity contribution in [2.24, 2.45) is 11.8 Å². The Morgan fingerprint density at radius 2 is 2.00 bits per heavy atom. The van der Waals surface area contributed by atoms with Crippen molar-refractivity contribution in [3.05, 3.63) is 60.3 Å². The third-order valence-corrected chi connectivity index (χ3v) is 8.25. The Balaban J connectivity index is 1.32.